The van der Waals surface area contributed by atoms with Gasteiger partial charge in [0.1, 0.15) is 6.61 Å². The summed E-state index contributed by atoms with van der Waals surface area (Å²) in [6.07, 6.45) is 52.6. The van der Waals surface area contributed by atoms with Crippen LogP contribution in [0.5, 0.6) is 0 Å². The molecule has 0 aliphatic carbocycles. The number of allylic oxidation sites excluding steroid dienone is 8. The Morgan fingerprint density at radius 1 is 0.464 bits per heavy atom. The summed E-state index contributed by atoms with van der Waals surface area (Å²) in [4.78, 5) is 42.9. The van der Waals surface area contributed by atoms with Crippen LogP contribution in [0.3, 0.4) is 0 Å². The zero-order valence-electron chi connectivity index (χ0n) is 36.0. The van der Waals surface area contributed by atoms with Gasteiger partial charge in [-0.15, -0.1) is 0 Å². The molecule has 326 valence electrons. The lowest BCUT2D eigenvalue weighted by Gasteiger charge is -2.18. The predicted molar refractivity (Wildman–Crippen MR) is 234 cm³/mol. The molecule has 0 fully saturated rings. The van der Waals surface area contributed by atoms with Gasteiger partial charge in [-0.25, -0.2) is 4.57 Å². The van der Waals surface area contributed by atoms with Gasteiger partial charge < -0.3 is 19.3 Å². The molecular weight excluding hydrogens is 723 g/mol. The maximum atomic E-state index is 12.4. The van der Waals surface area contributed by atoms with Crippen LogP contribution in [0.4, 0.5) is 0 Å². The Morgan fingerprint density at radius 3 is 1.23 bits per heavy atom. The van der Waals surface area contributed by atoms with Crippen LogP contribution < -0.4 is 0 Å². The monoisotopic (exact) mass is 809 g/mol. The van der Waals surface area contributed by atoms with E-state index in [0.717, 1.165) is 57.8 Å². The minimum absolute atomic E-state index is 0.175. The third-order valence-electron chi connectivity index (χ3n) is 9.85. The first kappa shape index (κ1) is 54.0. The van der Waals surface area contributed by atoms with Crippen LogP contribution in [0, 0.1) is 0 Å². The SMILES string of the molecule is CCCCC/C=C\C/C=C\C/C=C\C/C=C\CCCCCC(=O)O[C@H](COC(=O)CCCCCCCCCCCCCCCCCCCCC)COP(=O)(O)O. The molecule has 56 heavy (non-hydrogen) atoms. The van der Waals surface area contributed by atoms with Gasteiger partial charge in [-0.1, -0.05) is 197 Å². The fraction of sp³-hybridized carbons (Fsp3) is 0.787. The molecular formula is C47H85O8P. The standard InChI is InChI=1S/C47H85O8P/c1-3-5-7-9-11-13-15-17-19-21-23-25-27-29-31-33-35-37-39-41-46(48)53-43-45(44-54-56(50,51)52)55-47(49)42-40-38-36-34-32-30-28-26-24-22-20-18-16-14-12-10-8-6-4-2/h12,14,18,20,24,26,30,32,45H,3-11,13,15-17,19,21-23,25,27-29,31,33-44H2,1-2H3,(H2,50,51,52)/b14-12-,20-18-,26-24-,32-30-/t45-/m1/s1. The van der Waals surface area contributed by atoms with Crippen LogP contribution in [0.25, 0.3) is 0 Å². The summed E-state index contributed by atoms with van der Waals surface area (Å²) in [6.45, 7) is 3.65. The van der Waals surface area contributed by atoms with Crippen molar-refractivity contribution in [1.82, 2.24) is 0 Å². The Morgan fingerprint density at radius 2 is 0.804 bits per heavy atom. The number of rotatable bonds is 42. The van der Waals surface area contributed by atoms with Gasteiger partial charge >= 0.3 is 19.8 Å². The Bertz CT molecular complexity index is 1050. The molecule has 0 saturated heterocycles. The number of hydrogen-bond donors (Lipinski definition) is 2. The van der Waals surface area contributed by atoms with Crippen molar-refractivity contribution in [3.05, 3.63) is 48.6 Å². The summed E-state index contributed by atoms with van der Waals surface area (Å²) in [6, 6.07) is 0. The summed E-state index contributed by atoms with van der Waals surface area (Å²) >= 11 is 0. The quantitative estimate of drug-likeness (QED) is 0.0271. The maximum absolute atomic E-state index is 12.4. The van der Waals surface area contributed by atoms with E-state index in [4.69, 9.17) is 19.3 Å². The molecule has 0 aliphatic heterocycles. The molecule has 2 N–H and O–H groups in total. The highest BCUT2D eigenvalue weighted by Crippen LogP contribution is 2.36. The van der Waals surface area contributed by atoms with Gasteiger partial charge in [-0.05, 0) is 57.8 Å². The largest absolute Gasteiger partial charge is 0.469 e. The Labute approximate surface area is 344 Å². The number of carbonyl (C=O) groups excluding carboxylic acids is 2. The smallest absolute Gasteiger partial charge is 0.462 e. The highest BCUT2D eigenvalue weighted by Gasteiger charge is 2.22. The number of ether oxygens (including phenoxy) is 2. The molecule has 8 nitrogen and oxygen atoms in total. The number of carbonyl (C=O) groups is 2. The van der Waals surface area contributed by atoms with E-state index in [1.54, 1.807) is 0 Å². The zero-order valence-corrected chi connectivity index (χ0v) is 36.9. The molecule has 0 saturated carbocycles. The molecule has 0 spiro atoms. The number of phosphoric acid groups is 1. The molecule has 0 aliphatic rings. The van der Waals surface area contributed by atoms with E-state index >= 15 is 0 Å². The minimum Gasteiger partial charge on any atom is -0.462 e. The first-order valence-electron chi connectivity index (χ1n) is 22.9. The molecule has 0 bridgehead atoms. The molecule has 0 aromatic heterocycles. The van der Waals surface area contributed by atoms with E-state index in [-0.39, 0.29) is 19.4 Å². The fourth-order valence-electron chi connectivity index (χ4n) is 6.42. The van der Waals surface area contributed by atoms with Gasteiger partial charge in [0.2, 0.25) is 0 Å². The summed E-state index contributed by atoms with van der Waals surface area (Å²) in [5.74, 6) is -0.914. The van der Waals surface area contributed by atoms with Gasteiger partial charge in [0.15, 0.2) is 6.10 Å². The Balaban J connectivity index is 3.92. The third-order valence-corrected chi connectivity index (χ3v) is 10.3. The molecule has 0 aromatic carbocycles. The average Bonchev–Trinajstić information content (AvgIpc) is 3.17. The molecule has 0 unspecified atom stereocenters. The minimum atomic E-state index is -4.77. The second kappa shape index (κ2) is 42.6. The van der Waals surface area contributed by atoms with Crippen LogP contribution in [-0.2, 0) is 28.2 Å². The van der Waals surface area contributed by atoms with E-state index in [1.165, 1.54) is 128 Å². The van der Waals surface area contributed by atoms with Crippen LogP contribution in [0.15, 0.2) is 48.6 Å². The molecule has 0 amide bonds. The van der Waals surface area contributed by atoms with E-state index in [9.17, 15) is 14.2 Å². The molecule has 9 heteroatoms. The molecule has 0 aromatic rings. The normalized spacial score (nSPS) is 12.9. The van der Waals surface area contributed by atoms with Crippen molar-refractivity contribution in [2.24, 2.45) is 0 Å². The van der Waals surface area contributed by atoms with Crippen LogP contribution >= 0.6 is 7.82 Å². The highest BCUT2D eigenvalue weighted by atomic mass is 31.2. The van der Waals surface area contributed by atoms with Crippen LogP contribution in [0.1, 0.15) is 219 Å². The lowest BCUT2D eigenvalue weighted by atomic mass is 10.0. The van der Waals surface area contributed by atoms with Gasteiger partial charge in [-0.2, -0.15) is 0 Å². The van der Waals surface area contributed by atoms with E-state index in [1.807, 2.05) is 0 Å². The van der Waals surface area contributed by atoms with Crippen molar-refractivity contribution in [2.45, 2.75) is 225 Å². The van der Waals surface area contributed by atoms with Crippen LogP contribution in [-0.4, -0.2) is 41.0 Å². The Kier molecular flexibility index (Phi) is 41.1. The van der Waals surface area contributed by atoms with Gasteiger partial charge in [-0.3, -0.25) is 14.1 Å². The molecule has 1 atom stereocenters. The van der Waals surface area contributed by atoms with Crippen molar-refractivity contribution in [1.29, 1.82) is 0 Å². The number of hydrogen-bond acceptors (Lipinski definition) is 6. The number of esters is 2. The van der Waals surface area contributed by atoms with Crippen molar-refractivity contribution in [2.75, 3.05) is 13.2 Å². The molecule has 0 heterocycles. The molecule has 0 radical (unpaired) electrons. The highest BCUT2D eigenvalue weighted by molar-refractivity contribution is 7.46. The molecule has 0 rings (SSSR count). The lowest BCUT2D eigenvalue weighted by molar-refractivity contribution is -0.161. The first-order valence-corrected chi connectivity index (χ1v) is 24.5. The summed E-state index contributed by atoms with van der Waals surface area (Å²) < 4.78 is 26.4. The van der Waals surface area contributed by atoms with E-state index in [0.29, 0.717) is 6.42 Å². The summed E-state index contributed by atoms with van der Waals surface area (Å²) in [5.41, 5.74) is 0. The topological polar surface area (TPSA) is 119 Å². The number of phosphoric ester groups is 1. The summed E-state index contributed by atoms with van der Waals surface area (Å²) in [5, 5.41) is 0. The van der Waals surface area contributed by atoms with Crippen LogP contribution in [0.2, 0.25) is 0 Å². The lowest BCUT2D eigenvalue weighted by Crippen LogP contribution is -2.29. The van der Waals surface area contributed by atoms with E-state index < -0.39 is 32.5 Å². The van der Waals surface area contributed by atoms with Crippen molar-refractivity contribution >= 4 is 19.8 Å². The maximum Gasteiger partial charge on any atom is 0.469 e. The number of unbranched alkanes of at least 4 members (excludes halogenated alkanes) is 24. The van der Waals surface area contributed by atoms with Gasteiger partial charge in [0, 0.05) is 12.8 Å². The van der Waals surface area contributed by atoms with E-state index in [2.05, 4.69) is 67.0 Å². The first-order chi connectivity index (χ1) is 27.3. The van der Waals surface area contributed by atoms with Gasteiger partial charge in [0.25, 0.3) is 0 Å². The summed E-state index contributed by atoms with van der Waals surface area (Å²) in [7, 11) is -4.77. The van der Waals surface area contributed by atoms with Crippen molar-refractivity contribution < 1.29 is 37.9 Å². The Hall–Kier alpha value is -1.99. The average molecular weight is 809 g/mol. The second-order valence-electron chi connectivity index (χ2n) is 15.4. The predicted octanol–water partition coefficient (Wildman–Crippen LogP) is 14.3. The van der Waals surface area contributed by atoms with Crippen molar-refractivity contribution in [3.8, 4) is 0 Å². The fourth-order valence-corrected chi connectivity index (χ4v) is 6.78. The third kappa shape index (κ3) is 44.7. The second-order valence-corrected chi connectivity index (χ2v) is 16.6. The van der Waals surface area contributed by atoms with Crippen molar-refractivity contribution in [3.63, 3.8) is 0 Å². The van der Waals surface area contributed by atoms with Gasteiger partial charge in [0.05, 0.1) is 6.61 Å². The zero-order chi connectivity index (χ0) is 41.1.